The van der Waals surface area contributed by atoms with E-state index >= 15 is 0 Å². The summed E-state index contributed by atoms with van der Waals surface area (Å²) in [5.74, 6) is -1.95. The highest BCUT2D eigenvalue weighted by molar-refractivity contribution is 5.88. The lowest BCUT2D eigenvalue weighted by atomic mass is 10.1. The fourth-order valence-electron chi connectivity index (χ4n) is 1.47. The van der Waals surface area contributed by atoms with E-state index in [1.807, 2.05) is 11.9 Å². The Labute approximate surface area is 99.6 Å². The SMILES string of the molecule is COCCN(C)Cc1ccc(F)c(C(=O)O)c1. The van der Waals surface area contributed by atoms with Crippen molar-refractivity contribution in [2.24, 2.45) is 0 Å². The number of carboxylic acid groups (broad SMARTS) is 1. The summed E-state index contributed by atoms with van der Waals surface area (Å²) >= 11 is 0. The molecule has 1 aromatic rings. The zero-order valence-corrected chi connectivity index (χ0v) is 9.94. The Kier molecular flexibility index (Phi) is 5.06. The molecular formula is C12H16FNO3. The molecule has 0 bridgehead atoms. The topological polar surface area (TPSA) is 49.8 Å². The standard InChI is InChI=1S/C12H16FNO3/c1-14(5-6-17-2)8-9-3-4-11(13)10(7-9)12(15)16/h3-4,7H,5-6,8H2,1-2H3,(H,15,16). The van der Waals surface area contributed by atoms with Crippen LogP contribution < -0.4 is 0 Å². The summed E-state index contributed by atoms with van der Waals surface area (Å²) in [6.45, 7) is 1.89. The Bertz CT molecular complexity index is 395. The van der Waals surface area contributed by atoms with E-state index in [1.54, 1.807) is 13.2 Å². The number of halogens is 1. The van der Waals surface area contributed by atoms with Crippen LogP contribution in [0.4, 0.5) is 4.39 Å². The molecule has 1 rings (SSSR count). The molecule has 94 valence electrons. The first kappa shape index (κ1) is 13.6. The van der Waals surface area contributed by atoms with E-state index in [1.165, 1.54) is 12.1 Å². The molecule has 0 saturated heterocycles. The highest BCUT2D eigenvalue weighted by Gasteiger charge is 2.11. The normalized spacial score (nSPS) is 10.8. The van der Waals surface area contributed by atoms with Crippen LogP contribution in [0, 0.1) is 5.82 Å². The first-order chi connectivity index (χ1) is 8.04. The predicted molar refractivity (Wildman–Crippen MR) is 61.6 cm³/mol. The summed E-state index contributed by atoms with van der Waals surface area (Å²) in [6, 6.07) is 4.13. The maximum absolute atomic E-state index is 13.1. The Morgan fingerprint density at radius 1 is 1.53 bits per heavy atom. The van der Waals surface area contributed by atoms with E-state index < -0.39 is 11.8 Å². The van der Waals surface area contributed by atoms with Crippen molar-refractivity contribution >= 4 is 5.97 Å². The molecule has 0 spiro atoms. The van der Waals surface area contributed by atoms with Gasteiger partial charge in [0, 0.05) is 20.2 Å². The van der Waals surface area contributed by atoms with Crippen LogP contribution in [0.3, 0.4) is 0 Å². The Balaban J connectivity index is 2.72. The molecule has 17 heavy (non-hydrogen) atoms. The fraction of sp³-hybridized carbons (Fsp3) is 0.417. The first-order valence-electron chi connectivity index (χ1n) is 5.23. The third-order valence-corrected chi connectivity index (χ3v) is 2.39. The molecule has 1 aromatic carbocycles. The van der Waals surface area contributed by atoms with Gasteiger partial charge < -0.3 is 9.84 Å². The summed E-state index contributed by atoms with van der Waals surface area (Å²) in [5.41, 5.74) is 0.477. The van der Waals surface area contributed by atoms with Gasteiger partial charge in [-0.1, -0.05) is 6.07 Å². The van der Waals surface area contributed by atoms with Gasteiger partial charge in [0.1, 0.15) is 5.82 Å². The van der Waals surface area contributed by atoms with Crippen molar-refractivity contribution < 1.29 is 19.0 Å². The largest absolute Gasteiger partial charge is 0.478 e. The lowest BCUT2D eigenvalue weighted by molar-refractivity contribution is 0.0691. The summed E-state index contributed by atoms with van der Waals surface area (Å²) in [7, 11) is 3.51. The molecule has 0 fully saturated rings. The number of carboxylic acids is 1. The Hall–Kier alpha value is -1.46. The second-order valence-electron chi connectivity index (χ2n) is 3.85. The second-order valence-corrected chi connectivity index (χ2v) is 3.85. The van der Waals surface area contributed by atoms with Gasteiger partial charge in [0.05, 0.1) is 12.2 Å². The molecule has 0 aliphatic rings. The van der Waals surface area contributed by atoms with Gasteiger partial charge in [-0.15, -0.1) is 0 Å². The minimum absolute atomic E-state index is 0.289. The van der Waals surface area contributed by atoms with Crippen LogP contribution in [0.25, 0.3) is 0 Å². The van der Waals surface area contributed by atoms with Crippen LogP contribution in [0.5, 0.6) is 0 Å². The maximum Gasteiger partial charge on any atom is 0.338 e. The molecule has 1 N–H and O–H groups in total. The van der Waals surface area contributed by atoms with Gasteiger partial charge in [-0.2, -0.15) is 0 Å². The third-order valence-electron chi connectivity index (χ3n) is 2.39. The molecule has 5 heteroatoms. The summed E-state index contributed by atoms with van der Waals surface area (Å²) < 4.78 is 18.1. The highest BCUT2D eigenvalue weighted by Crippen LogP contribution is 2.12. The van der Waals surface area contributed by atoms with Gasteiger partial charge in [-0.25, -0.2) is 9.18 Å². The number of rotatable bonds is 6. The van der Waals surface area contributed by atoms with Crippen LogP contribution in [-0.4, -0.2) is 43.3 Å². The number of hydrogen-bond donors (Lipinski definition) is 1. The second kappa shape index (κ2) is 6.32. The first-order valence-corrected chi connectivity index (χ1v) is 5.23. The van der Waals surface area contributed by atoms with Crippen molar-refractivity contribution in [1.29, 1.82) is 0 Å². The third kappa shape index (κ3) is 4.13. The number of hydrogen-bond acceptors (Lipinski definition) is 3. The van der Waals surface area contributed by atoms with Crippen LogP contribution >= 0.6 is 0 Å². The highest BCUT2D eigenvalue weighted by atomic mass is 19.1. The van der Waals surface area contributed by atoms with Crippen molar-refractivity contribution in [2.75, 3.05) is 27.3 Å². The Morgan fingerprint density at radius 2 is 2.24 bits per heavy atom. The summed E-state index contributed by atoms with van der Waals surface area (Å²) in [4.78, 5) is 12.7. The van der Waals surface area contributed by atoms with Gasteiger partial charge in [0.15, 0.2) is 0 Å². The van der Waals surface area contributed by atoms with Gasteiger partial charge in [-0.3, -0.25) is 4.90 Å². The average molecular weight is 241 g/mol. The van der Waals surface area contributed by atoms with Crippen molar-refractivity contribution in [3.05, 3.63) is 35.1 Å². The molecule has 0 saturated carbocycles. The summed E-state index contributed by atoms with van der Waals surface area (Å²) in [5, 5.41) is 8.79. The van der Waals surface area contributed by atoms with E-state index in [0.29, 0.717) is 13.2 Å². The lowest BCUT2D eigenvalue weighted by Gasteiger charge is -2.16. The molecule has 0 aliphatic carbocycles. The zero-order chi connectivity index (χ0) is 12.8. The van der Waals surface area contributed by atoms with Crippen molar-refractivity contribution in [3.8, 4) is 0 Å². The quantitative estimate of drug-likeness (QED) is 0.822. The number of aromatic carboxylic acids is 1. The van der Waals surface area contributed by atoms with E-state index in [4.69, 9.17) is 9.84 Å². The molecule has 4 nitrogen and oxygen atoms in total. The lowest BCUT2D eigenvalue weighted by Crippen LogP contribution is -2.22. The number of likely N-dealkylation sites (N-methyl/N-ethyl adjacent to an activating group) is 1. The van der Waals surface area contributed by atoms with Gasteiger partial charge in [0.25, 0.3) is 0 Å². The van der Waals surface area contributed by atoms with Crippen LogP contribution in [-0.2, 0) is 11.3 Å². The number of ether oxygens (including phenoxy) is 1. The predicted octanol–water partition coefficient (Wildman–Crippen LogP) is 1.60. The molecule has 0 aromatic heterocycles. The molecule has 0 atom stereocenters. The zero-order valence-electron chi connectivity index (χ0n) is 9.94. The Morgan fingerprint density at radius 3 is 2.82 bits per heavy atom. The minimum atomic E-state index is -1.25. The van der Waals surface area contributed by atoms with Crippen LogP contribution in [0.1, 0.15) is 15.9 Å². The number of carbonyl (C=O) groups is 1. The van der Waals surface area contributed by atoms with Crippen molar-refractivity contribution in [3.63, 3.8) is 0 Å². The molecule has 0 unspecified atom stereocenters. The average Bonchev–Trinajstić information content (AvgIpc) is 2.28. The van der Waals surface area contributed by atoms with E-state index in [9.17, 15) is 9.18 Å². The number of methoxy groups -OCH3 is 1. The summed E-state index contributed by atoms with van der Waals surface area (Å²) in [6.07, 6.45) is 0. The number of benzene rings is 1. The maximum atomic E-state index is 13.1. The van der Waals surface area contributed by atoms with Gasteiger partial charge in [-0.05, 0) is 24.7 Å². The van der Waals surface area contributed by atoms with E-state index in [-0.39, 0.29) is 5.56 Å². The molecule has 0 heterocycles. The monoisotopic (exact) mass is 241 g/mol. The fourth-order valence-corrected chi connectivity index (χ4v) is 1.47. The molecule has 0 radical (unpaired) electrons. The van der Waals surface area contributed by atoms with Gasteiger partial charge in [0.2, 0.25) is 0 Å². The van der Waals surface area contributed by atoms with Crippen molar-refractivity contribution in [2.45, 2.75) is 6.54 Å². The van der Waals surface area contributed by atoms with E-state index in [2.05, 4.69) is 0 Å². The van der Waals surface area contributed by atoms with Crippen molar-refractivity contribution in [1.82, 2.24) is 4.90 Å². The van der Waals surface area contributed by atoms with E-state index in [0.717, 1.165) is 12.1 Å². The smallest absolute Gasteiger partial charge is 0.338 e. The van der Waals surface area contributed by atoms with Crippen LogP contribution in [0.2, 0.25) is 0 Å². The number of nitrogens with zero attached hydrogens (tertiary/aromatic N) is 1. The van der Waals surface area contributed by atoms with Crippen LogP contribution in [0.15, 0.2) is 18.2 Å². The molecule has 0 aliphatic heterocycles. The minimum Gasteiger partial charge on any atom is -0.478 e. The molecular weight excluding hydrogens is 225 g/mol. The molecule has 0 amide bonds. The van der Waals surface area contributed by atoms with Gasteiger partial charge >= 0.3 is 5.97 Å².